The molecule has 1 aliphatic rings. The molecule has 0 unspecified atom stereocenters. The molecule has 1 N–H and O–H groups in total. The van der Waals surface area contributed by atoms with Crippen LogP contribution in [-0.2, 0) is 6.42 Å². The Morgan fingerprint density at radius 1 is 1.32 bits per heavy atom. The molecule has 1 aliphatic heterocycles. The van der Waals surface area contributed by atoms with E-state index in [1.807, 2.05) is 43.4 Å². The van der Waals surface area contributed by atoms with Gasteiger partial charge in [-0.2, -0.15) is 0 Å². The van der Waals surface area contributed by atoms with Crippen molar-refractivity contribution in [2.45, 2.75) is 16.2 Å². The molecule has 3 nitrogen and oxygen atoms in total. The monoisotopic (exact) mass is 333 g/mol. The highest BCUT2D eigenvalue weighted by atomic mass is 35.5. The number of fused-ring (bicyclic) bond motifs is 2. The van der Waals surface area contributed by atoms with E-state index in [2.05, 4.69) is 5.32 Å². The summed E-state index contributed by atoms with van der Waals surface area (Å²) in [6.07, 6.45) is 0.371. The Balaban J connectivity index is 2.00. The third-order valence-corrected chi connectivity index (χ3v) is 4.95. The fourth-order valence-electron chi connectivity index (χ4n) is 2.38. The van der Waals surface area contributed by atoms with Gasteiger partial charge in [0.05, 0.1) is 4.90 Å². The summed E-state index contributed by atoms with van der Waals surface area (Å²) in [5.41, 5.74) is 1.69. The van der Waals surface area contributed by atoms with E-state index in [9.17, 15) is 4.79 Å². The zero-order valence-corrected chi connectivity index (χ0v) is 13.8. The molecule has 0 fully saturated rings. The smallest absolute Gasteiger partial charge is 0.168 e. The van der Waals surface area contributed by atoms with Crippen molar-refractivity contribution in [2.75, 3.05) is 20.2 Å². The Bertz CT molecular complexity index is 718. The highest BCUT2D eigenvalue weighted by Crippen LogP contribution is 2.42. The van der Waals surface area contributed by atoms with Crippen LogP contribution in [0.15, 0.2) is 46.2 Å². The van der Waals surface area contributed by atoms with Gasteiger partial charge in [0.25, 0.3) is 0 Å². The number of Topliss-reactive ketones (excluding diaryl/α,β-unsaturated/α-hetero) is 1. The third-order valence-electron chi connectivity index (χ3n) is 3.47. The van der Waals surface area contributed by atoms with Crippen LogP contribution in [0.4, 0.5) is 0 Å². The lowest BCUT2D eigenvalue weighted by atomic mass is 10.0. The molecule has 5 heteroatoms. The molecule has 114 valence electrons. The van der Waals surface area contributed by atoms with Gasteiger partial charge in [-0.3, -0.25) is 4.79 Å². The Kier molecular flexibility index (Phi) is 4.71. The third kappa shape index (κ3) is 3.14. The lowest BCUT2D eigenvalue weighted by molar-refractivity contribution is 0.0989. The number of hydrogen-bond acceptors (Lipinski definition) is 4. The minimum absolute atomic E-state index is 0.0996. The fraction of sp³-hybridized carbons (Fsp3) is 0.235. The largest absolute Gasteiger partial charge is 0.491 e. The summed E-state index contributed by atoms with van der Waals surface area (Å²) in [7, 11) is 1.88. The van der Waals surface area contributed by atoms with Gasteiger partial charge in [-0.15, -0.1) is 0 Å². The van der Waals surface area contributed by atoms with Crippen LogP contribution in [-0.4, -0.2) is 26.0 Å². The van der Waals surface area contributed by atoms with E-state index in [1.54, 1.807) is 11.8 Å². The van der Waals surface area contributed by atoms with Crippen LogP contribution >= 0.6 is 23.4 Å². The van der Waals surface area contributed by atoms with E-state index in [0.29, 0.717) is 18.1 Å². The molecule has 22 heavy (non-hydrogen) atoms. The molecule has 0 bridgehead atoms. The molecule has 3 rings (SSSR count). The summed E-state index contributed by atoms with van der Waals surface area (Å²) in [6, 6.07) is 11.3. The molecular weight excluding hydrogens is 318 g/mol. The van der Waals surface area contributed by atoms with Crippen LogP contribution in [0.5, 0.6) is 5.75 Å². The Hall–Kier alpha value is -1.49. The van der Waals surface area contributed by atoms with Gasteiger partial charge in [0, 0.05) is 28.4 Å². The first-order chi connectivity index (χ1) is 10.7. The van der Waals surface area contributed by atoms with E-state index in [4.69, 9.17) is 16.3 Å². The summed E-state index contributed by atoms with van der Waals surface area (Å²) in [5.74, 6) is 0.858. The number of ether oxygens (including phenoxy) is 1. The highest BCUT2D eigenvalue weighted by molar-refractivity contribution is 7.99. The standard InChI is InChI=1S/C17H16ClNO2S/c1-19-7-8-21-15-4-2-3-13-14(20)10-11-9-12(18)5-6-16(11)22-17(13)15/h2-6,9,19H,7-8,10H2,1H3. The summed E-state index contributed by atoms with van der Waals surface area (Å²) in [6.45, 7) is 1.32. The van der Waals surface area contributed by atoms with Gasteiger partial charge in [0.15, 0.2) is 5.78 Å². The highest BCUT2D eigenvalue weighted by Gasteiger charge is 2.23. The molecule has 0 spiro atoms. The number of halogens is 1. The second kappa shape index (κ2) is 6.73. The quantitative estimate of drug-likeness (QED) is 0.863. The average Bonchev–Trinajstić information content (AvgIpc) is 2.64. The van der Waals surface area contributed by atoms with Crippen molar-refractivity contribution >= 4 is 29.1 Å². The minimum atomic E-state index is 0.0996. The molecule has 0 saturated heterocycles. The zero-order valence-electron chi connectivity index (χ0n) is 12.2. The second-order valence-corrected chi connectivity index (χ2v) is 6.53. The van der Waals surface area contributed by atoms with Crippen LogP contribution < -0.4 is 10.1 Å². The first-order valence-corrected chi connectivity index (χ1v) is 8.28. The second-order valence-electron chi connectivity index (χ2n) is 5.04. The van der Waals surface area contributed by atoms with Gasteiger partial charge >= 0.3 is 0 Å². The van der Waals surface area contributed by atoms with Crippen LogP contribution in [0.2, 0.25) is 5.02 Å². The number of carbonyl (C=O) groups is 1. The molecule has 0 amide bonds. The molecule has 0 aromatic heterocycles. The maximum absolute atomic E-state index is 12.5. The van der Waals surface area contributed by atoms with Gasteiger partial charge in [0.2, 0.25) is 0 Å². The van der Waals surface area contributed by atoms with Gasteiger partial charge in [-0.05, 0) is 42.9 Å². The SMILES string of the molecule is CNCCOc1cccc2c1Sc1ccc(Cl)cc1CC2=O. The van der Waals surface area contributed by atoms with E-state index in [-0.39, 0.29) is 5.78 Å². The molecule has 0 radical (unpaired) electrons. The maximum atomic E-state index is 12.5. The van der Waals surface area contributed by atoms with Crippen molar-refractivity contribution in [3.8, 4) is 5.75 Å². The number of benzene rings is 2. The Morgan fingerprint density at radius 2 is 2.18 bits per heavy atom. The topological polar surface area (TPSA) is 38.3 Å². The fourth-order valence-corrected chi connectivity index (χ4v) is 3.71. The lowest BCUT2D eigenvalue weighted by Crippen LogP contribution is -2.16. The lowest BCUT2D eigenvalue weighted by Gasteiger charge is -2.13. The molecule has 0 aliphatic carbocycles. The van der Waals surface area contributed by atoms with Crippen LogP contribution in [0.1, 0.15) is 15.9 Å². The minimum Gasteiger partial charge on any atom is -0.491 e. The zero-order chi connectivity index (χ0) is 15.5. The number of likely N-dealkylation sites (N-methyl/N-ethyl adjacent to an activating group) is 1. The predicted octanol–water partition coefficient (Wildman–Crippen LogP) is 3.83. The summed E-state index contributed by atoms with van der Waals surface area (Å²) >= 11 is 7.63. The number of rotatable bonds is 4. The Labute approximate surface area is 139 Å². The summed E-state index contributed by atoms with van der Waals surface area (Å²) in [5, 5.41) is 3.70. The predicted molar refractivity (Wildman–Crippen MR) is 89.5 cm³/mol. The van der Waals surface area contributed by atoms with Crippen LogP contribution in [0, 0.1) is 0 Å². The van der Waals surface area contributed by atoms with Crippen molar-refractivity contribution in [3.05, 3.63) is 52.5 Å². The molecular formula is C17H16ClNO2S. The van der Waals surface area contributed by atoms with Gasteiger partial charge < -0.3 is 10.1 Å². The molecule has 1 heterocycles. The average molecular weight is 334 g/mol. The van der Waals surface area contributed by atoms with E-state index >= 15 is 0 Å². The maximum Gasteiger partial charge on any atom is 0.168 e. The van der Waals surface area contributed by atoms with Gasteiger partial charge in [-0.1, -0.05) is 29.4 Å². The van der Waals surface area contributed by atoms with Crippen LogP contribution in [0.25, 0.3) is 0 Å². The van der Waals surface area contributed by atoms with Crippen molar-refractivity contribution < 1.29 is 9.53 Å². The van der Waals surface area contributed by atoms with Crippen molar-refractivity contribution in [2.24, 2.45) is 0 Å². The number of ketones is 1. The van der Waals surface area contributed by atoms with E-state index in [0.717, 1.165) is 33.2 Å². The van der Waals surface area contributed by atoms with Crippen molar-refractivity contribution in [1.82, 2.24) is 5.32 Å². The van der Waals surface area contributed by atoms with Gasteiger partial charge in [0.1, 0.15) is 12.4 Å². The molecule has 0 atom stereocenters. The molecule has 0 saturated carbocycles. The Morgan fingerprint density at radius 3 is 3.00 bits per heavy atom. The first-order valence-electron chi connectivity index (χ1n) is 7.09. The van der Waals surface area contributed by atoms with Crippen LogP contribution in [0.3, 0.4) is 0 Å². The van der Waals surface area contributed by atoms with E-state index in [1.165, 1.54) is 0 Å². The van der Waals surface area contributed by atoms with Crippen molar-refractivity contribution in [3.63, 3.8) is 0 Å². The molecule has 2 aromatic carbocycles. The number of hydrogen-bond donors (Lipinski definition) is 1. The van der Waals surface area contributed by atoms with Gasteiger partial charge in [-0.25, -0.2) is 0 Å². The first kappa shape index (κ1) is 15.4. The molecule has 2 aromatic rings. The number of carbonyl (C=O) groups excluding carboxylic acids is 1. The van der Waals surface area contributed by atoms with Crippen molar-refractivity contribution in [1.29, 1.82) is 0 Å². The van der Waals surface area contributed by atoms with E-state index < -0.39 is 0 Å². The number of nitrogens with one attached hydrogen (secondary N) is 1. The summed E-state index contributed by atoms with van der Waals surface area (Å²) < 4.78 is 5.83. The normalized spacial score (nSPS) is 13.3. The summed E-state index contributed by atoms with van der Waals surface area (Å²) in [4.78, 5) is 14.5.